The zero-order chi connectivity index (χ0) is 24.4. The zero-order valence-corrected chi connectivity index (χ0v) is 19.2. The van der Waals surface area contributed by atoms with Crippen molar-refractivity contribution in [3.63, 3.8) is 0 Å². The molecule has 0 aliphatic carbocycles. The first-order valence-corrected chi connectivity index (χ1v) is 10.8. The molecule has 0 saturated carbocycles. The van der Waals surface area contributed by atoms with Crippen LogP contribution in [0.2, 0.25) is 0 Å². The molecule has 9 heteroatoms. The van der Waals surface area contributed by atoms with Gasteiger partial charge >= 0.3 is 6.36 Å². The van der Waals surface area contributed by atoms with E-state index in [4.69, 9.17) is 9.73 Å². The molecule has 1 heterocycles. The molecule has 0 aliphatic heterocycles. The van der Waals surface area contributed by atoms with Crippen LogP contribution in [0.4, 0.5) is 29.1 Å². The molecule has 0 unspecified atom stereocenters. The predicted molar refractivity (Wildman–Crippen MR) is 122 cm³/mol. The number of nitrogens with one attached hydrogen (secondary N) is 1. The first-order valence-electron chi connectivity index (χ1n) is 10.8. The Morgan fingerprint density at radius 3 is 2.48 bits per heavy atom. The summed E-state index contributed by atoms with van der Waals surface area (Å²) >= 11 is 0. The van der Waals surface area contributed by atoms with Crippen molar-refractivity contribution in [3.05, 3.63) is 54.0 Å². The fourth-order valence-electron chi connectivity index (χ4n) is 3.22. The summed E-state index contributed by atoms with van der Waals surface area (Å²) in [6.45, 7) is 6.13. The maximum Gasteiger partial charge on any atom is 0.573 e. The third-order valence-corrected chi connectivity index (χ3v) is 4.95. The maximum absolute atomic E-state index is 13.9. The highest BCUT2D eigenvalue weighted by atomic mass is 19.4. The molecular weight excluding hydrogens is 438 g/mol. The summed E-state index contributed by atoms with van der Waals surface area (Å²) in [5.41, 5.74) is 1.71. The Morgan fingerprint density at radius 2 is 1.97 bits per heavy atom. The number of rotatable bonds is 10. The van der Waals surface area contributed by atoms with Gasteiger partial charge in [-0.25, -0.2) is 14.4 Å². The number of methoxy groups -OCH3 is 1. The number of alkyl halides is 3. The predicted octanol–water partition coefficient (Wildman–Crippen LogP) is 7.49. The SMILES string of the molecule is C/C=C(/N=C(\OC)[C@@H](CC)CCCC)c1ccc(Nc2ccc(OC(F)(F)F)c(F)c2)nc1. The van der Waals surface area contributed by atoms with Crippen molar-refractivity contribution in [3.8, 4) is 5.75 Å². The van der Waals surface area contributed by atoms with Crippen molar-refractivity contribution in [1.29, 1.82) is 0 Å². The number of ether oxygens (including phenoxy) is 2. The topological polar surface area (TPSA) is 55.7 Å². The Labute approximate surface area is 191 Å². The Balaban J connectivity index is 2.15. The van der Waals surface area contributed by atoms with Crippen LogP contribution in [-0.4, -0.2) is 24.4 Å². The Hall–Kier alpha value is -3.10. The van der Waals surface area contributed by atoms with Gasteiger partial charge in [-0.1, -0.05) is 32.8 Å². The second kappa shape index (κ2) is 12.2. The molecule has 2 rings (SSSR count). The Morgan fingerprint density at radius 1 is 1.21 bits per heavy atom. The van der Waals surface area contributed by atoms with Crippen molar-refractivity contribution >= 4 is 23.1 Å². The van der Waals surface area contributed by atoms with E-state index in [2.05, 4.69) is 28.9 Å². The molecule has 180 valence electrons. The van der Waals surface area contributed by atoms with Gasteiger partial charge in [0.05, 0.1) is 12.8 Å². The monoisotopic (exact) mass is 467 g/mol. The van der Waals surface area contributed by atoms with Gasteiger partial charge in [0, 0.05) is 29.4 Å². The van der Waals surface area contributed by atoms with E-state index in [1.807, 2.05) is 13.0 Å². The van der Waals surface area contributed by atoms with E-state index in [0.29, 0.717) is 17.4 Å². The summed E-state index contributed by atoms with van der Waals surface area (Å²) in [4.78, 5) is 9.02. The van der Waals surface area contributed by atoms with E-state index in [0.717, 1.165) is 43.4 Å². The number of hydrogen-bond acceptors (Lipinski definition) is 5. The number of aromatic nitrogens is 1. The van der Waals surface area contributed by atoms with Crippen LogP contribution >= 0.6 is 0 Å². The molecule has 2 aromatic rings. The van der Waals surface area contributed by atoms with E-state index in [1.54, 1.807) is 25.4 Å². The third-order valence-electron chi connectivity index (χ3n) is 4.95. The summed E-state index contributed by atoms with van der Waals surface area (Å²) in [5, 5.41) is 2.85. The first kappa shape index (κ1) is 26.2. The lowest BCUT2D eigenvalue weighted by molar-refractivity contribution is -0.275. The minimum atomic E-state index is -4.96. The quantitative estimate of drug-likeness (QED) is 0.223. The standard InChI is InChI=1S/C24H29F4N3O2/c1-5-8-9-16(6-2)23(32-4)31-20(7-3)17-10-13-22(29-15-17)30-18-11-12-21(19(25)14-18)33-24(26,27)28/h7,10-16H,5-6,8-9H2,1-4H3,(H,29,30)/b20-7+,31-23-/t16-/m0/s1. The lowest BCUT2D eigenvalue weighted by Crippen LogP contribution is -2.17. The van der Waals surface area contributed by atoms with Crippen LogP contribution in [-0.2, 0) is 4.74 Å². The molecule has 5 nitrogen and oxygen atoms in total. The summed E-state index contributed by atoms with van der Waals surface area (Å²) in [6, 6.07) is 6.55. The molecule has 1 atom stereocenters. The van der Waals surface area contributed by atoms with Gasteiger partial charge in [-0.3, -0.25) is 0 Å². The molecule has 1 aromatic heterocycles. The van der Waals surface area contributed by atoms with Crippen molar-refractivity contribution in [2.45, 2.75) is 52.8 Å². The van der Waals surface area contributed by atoms with Crippen LogP contribution in [0, 0.1) is 11.7 Å². The van der Waals surface area contributed by atoms with Gasteiger partial charge in [-0.15, -0.1) is 13.2 Å². The summed E-state index contributed by atoms with van der Waals surface area (Å²) in [7, 11) is 1.62. The first-order chi connectivity index (χ1) is 15.7. The highest BCUT2D eigenvalue weighted by Gasteiger charge is 2.32. The van der Waals surface area contributed by atoms with Crippen LogP contribution in [0.3, 0.4) is 0 Å². The number of unbranched alkanes of at least 4 members (excludes halogenated alkanes) is 1. The summed E-state index contributed by atoms with van der Waals surface area (Å²) in [5.74, 6) is -0.732. The number of nitrogens with zero attached hydrogens (tertiary/aromatic N) is 2. The normalized spacial score (nSPS) is 13.6. The van der Waals surface area contributed by atoms with E-state index < -0.39 is 17.9 Å². The van der Waals surface area contributed by atoms with E-state index >= 15 is 0 Å². The van der Waals surface area contributed by atoms with Crippen molar-refractivity contribution in [2.24, 2.45) is 10.9 Å². The number of allylic oxidation sites excluding steroid dienone is 1. The Bertz CT molecular complexity index is 957. The van der Waals surface area contributed by atoms with Gasteiger partial charge in [0.15, 0.2) is 17.5 Å². The molecule has 0 amide bonds. The van der Waals surface area contributed by atoms with E-state index in [1.165, 1.54) is 6.07 Å². The summed E-state index contributed by atoms with van der Waals surface area (Å²) in [6.07, 6.45) is 2.64. The van der Waals surface area contributed by atoms with Gasteiger partial charge in [0.25, 0.3) is 0 Å². The smallest absolute Gasteiger partial charge is 0.484 e. The second-order valence-electron chi connectivity index (χ2n) is 7.33. The molecule has 0 bridgehead atoms. The number of pyridine rings is 1. The largest absolute Gasteiger partial charge is 0.573 e. The van der Waals surface area contributed by atoms with Gasteiger partial charge < -0.3 is 14.8 Å². The van der Waals surface area contributed by atoms with Crippen LogP contribution in [0.15, 0.2) is 47.6 Å². The minimum Gasteiger partial charge on any atom is -0.484 e. The van der Waals surface area contributed by atoms with Crippen LogP contribution < -0.4 is 10.1 Å². The number of halogens is 4. The average Bonchev–Trinajstić information content (AvgIpc) is 2.78. The van der Waals surface area contributed by atoms with Gasteiger partial charge in [0.1, 0.15) is 5.82 Å². The van der Waals surface area contributed by atoms with Gasteiger partial charge in [-0.05, 0) is 44.0 Å². The maximum atomic E-state index is 13.9. The van der Waals surface area contributed by atoms with E-state index in [9.17, 15) is 17.6 Å². The molecule has 1 aromatic carbocycles. The highest BCUT2D eigenvalue weighted by molar-refractivity contribution is 5.85. The lowest BCUT2D eigenvalue weighted by Gasteiger charge is -2.17. The fraction of sp³-hybridized carbons (Fsp3) is 0.417. The van der Waals surface area contributed by atoms with Crippen molar-refractivity contribution < 1.29 is 27.0 Å². The molecule has 0 fully saturated rings. The van der Waals surface area contributed by atoms with Crippen LogP contribution in [0.25, 0.3) is 5.70 Å². The average molecular weight is 468 g/mol. The molecular formula is C24H29F4N3O2. The minimum absolute atomic E-state index is 0.231. The molecule has 0 saturated heterocycles. The number of aliphatic imine (C=N–C) groups is 1. The number of hydrogen-bond donors (Lipinski definition) is 1. The van der Waals surface area contributed by atoms with Gasteiger partial charge in [0.2, 0.25) is 0 Å². The molecule has 0 spiro atoms. The Kier molecular flexibility index (Phi) is 9.69. The fourth-order valence-corrected chi connectivity index (χ4v) is 3.22. The van der Waals surface area contributed by atoms with Gasteiger partial charge in [-0.2, -0.15) is 0 Å². The summed E-state index contributed by atoms with van der Waals surface area (Å²) < 4.78 is 60.0. The lowest BCUT2D eigenvalue weighted by atomic mass is 9.99. The van der Waals surface area contributed by atoms with Crippen LogP contribution in [0.5, 0.6) is 5.75 Å². The third kappa shape index (κ3) is 8.07. The molecule has 0 radical (unpaired) electrons. The highest BCUT2D eigenvalue weighted by Crippen LogP contribution is 2.29. The molecule has 0 aliphatic rings. The van der Waals surface area contributed by atoms with Crippen molar-refractivity contribution in [2.75, 3.05) is 12.4 Å². The molecule has 1 N–H and O–H groups in total. The number of benzene rings is 1. The number of anilines is 2. The van der Waals surface area contributed by atoms with Crippen molar-refractivity contribution in [1.82, 2.24) is 4.98 Å². The van der Waals surface area contributed by atoms with Crippen LogP contribution in [0.1, 0.15) is 52.0 Å². The zero-order valence-electron chi connectivity index (χ0n) is 19.2. The molecule has 33 heavy (non-hydrogen) atoms. The second-order valence-corrected chi connectivity index (χ2v) is 7.33. The van der Waals surface area contributed by atoms with E-state index in [-0.39, 0.29) is 11.6 Å².